The first kappa shape index (κ1) is 17.8. The normalized spacial score (nSPS) is 16.3. The van der Waals surface area contributed by atoms with Gasteiger partial charge in [-0.25, -0.2) is 4.79 Å². The van der Waals surface area contributed by atoms with E-state index in [-0.39, 0.29) is 11.9 Å². The fourth-order valence-corrected chi connectivity index (χ4v) is 3.30. The summed E-state index contributed by atoms with van der Waals surface area (Å²) < 4.78 is 10.6. The van der Waals surface area contributed by atoms with E-state index in [1.807, 2.05) is 29.2 Å². The Kier molecular flexibility index (Phi) is 5.41. The molecular formula is C20H21NO5. The number of amides is 1. The minimum atomic E-state index is -1.06. The first-order chi connectivity index (χ1) is 12.6. The van der Waals surface area contributed by atoms with Crippen molar-refractivity contribution >= 4 is 11.9 Å². The molecule has 2 aromatic carbocycles. The molecule has 1 unspecified atom stereocenters. The Balaban J connectivity index is 1.82. The number of aliphatic carboxylic acids is 1. The van der Waals surface area contributed by atoms with Crippen molar-refractivity contribution in [3.8, 4) is 11.5 Å². The summed E-state index contributed by atoms with van der Waals surface area (Å²) in [6, 6.07) is 14.3. The quantitative estimate of drug-likeness (QED) is 0.861. The molecule has 136 valence electrons. The van der Waals surface area contributed by atoms with Gasteiger partial charge in [-0.2, -0.15) is 0 Å². The number of hydrogen-bond donors (Lipinski definition) is 1. The third-order valence-corrected chi connectivity index (χ3v) is 4.45. The van der Waals surface area contributed by atoms with E-state index < -0.39 is 12.6 Å². The van der Waals surface area contributed by atoms with Crippen LogP contribution in [0.3, 0.4) is 0 Å². The van der Waals surface area contributed by atoms with Gasteiger partial charge in [0.2, 0.25) is 0 Å². The van der Waals surface area contributed by atoms with E-state index in [0.717, 1.165) is 24.2 Å². The molecule has 3 rings (SSSR count). The van der Waals surface area contributed by atoms with Crippen molar-refractivity contribution in [3.05, 3.63) is 59.7 Å². The van der Waals surface area contributed by atoms with Crippen molar-refractivity contribution in [1.82, 2.24) is 4.90 Å². The molecule has 26 heavy (non-hydrogen) atoms. The van der Waals surface area contributed by atoms with Crippen LogP contribution in [-0.2, 0) is 4.79 Å². The SMILES string of the molecule is COc1ccccc1C1CCCN1C(=O)c1cccc(OCC(=O)O)c1. The number of para-hydroxylation sites is 1. The number of hydrogen-bond acceptors (Lipinski definition) is 4. The summed E-state index contributed by atoms with van der Waals surface area (Å²) in [6.07, 6.45) is 1.80. The Morgan fingerprint density at radius 3 is 2.77 bits per heavy atom. The topological polar surface area (TPSA) is 76.1 Å². The van der Waals surface area contributed by atoms with Gasteiger partial charge in [0.05, 0.1) is 13.2 Å². The summed E-state index contributed by atoms with van der Waals surface area (Å²) in [4.78, 5) is 25.5. The lowest BCUT2D eigenvalue weighted by Crippen LogP contribution is -2.30. The highest BCUT2D eigenvalue weighted by Crippen LogP contribution is 2.37. The lowest BCUT2D eigenvalue weighted by molar-refractivity contribution is -0.139. The Bertz CT molecular complexity index is 804. The Morgan fingerprint density at radius 2 is 2.00 bits per heavy atom. The molecule has 0 aromatic heterocycles. The molecule has 0 radical (unpaired) electrons. The van der Waals surface area contributed by atoms with Crippen molar-refractivity contribution in [3.63, 3.8) is 0 Å². The standard InChI is InChI=1S/C20H21NO5/c1-25-18-10-3-2-8-16(18)17-9-5-11-21(17)20(24)14-6-4-7-15(12-14)26-13-19(22)23/h2-4,6-8,10,12,17H,5,9,11,13H2,1H3,(H,22,23). The summed E-state index contributed by atoms with van der Waals surface area (Å²) in [5, 5.41) is 8.72. The molecule has 1 amide bonds. The predicted molar refractivity (Wildman–Crippen MR) is 95.6 cm³/mol. The van der Waals surface area contributed by atoms with Gasteiger partial charge in [0.1, 0.15) is 11.5 Å². The first-order valence-electron chi connectivity index (χ1n) is 8.48. The number of nitrogens with zero attached hydrogens (tertiary/aromatic N) is 1. The van der Waals surface area contributed by atoms with Crippen LogP contribution in [0.15, 0.2) is 48.5 Å². The number of carboxylic acid groups (broad SMARTS) is 1. The van der Waals surface area contributed by atoms with Gasteiger partial charge in [0.25, 0.3) is 5.91 Å². The average molecular weight is 355 g/mol. The van der Waals surface area contributed by atoms with Crippen LogP contribution >= 0.6 is 0 Å². The maximum absolute atomic E-state index is 13.0. The van der Waals surface area contributed by atoms with Gasteiger partial charge in [0.15, 0.2) is 6.61 Å². The zero-order chi connectivity index (χ0) is 18.5. The number of likely N-dealkylation sites (tertiary alicyclic amines) is 1. The predicted octanol–water partition coefficient (Wildman–Crippen LogP) is 3.14. The molecule has 0 bridgehead atoms. The van der Waals surface area contributed by atoms with E-state index in [1.54, 1.807) is 31.4 Å². The zero-order valence-electron chi connectivity index (χ0n) is 14.6. The fraction of sp³-hybridized carbons (Fsp3) is 0.300. The molecular weight excluding hydrogens is 334 g/mol. The van der Waals surface area contributed by atoms with E-state index in [2.05, 4.69) is 0 Å². The van der Waals surface area contributed by atoms with Crippen molar-refractivity contribution in [2.75, 3.05) is 20.3 Å². The summed E-state index contributed by atoms with van der Waals surface area (Å²) in [5.74, 6) is -0.0151. The summed E-state index contributed by atoms with van der Waals surface area (Å²) in [7, 11) is 1.63. The van der Waals surface area contributed by atoms with E-state index in [0.29, 0.717) is 17.9 Å². The first-order valence-corrected chi connectivity index (χ1v) is 8.48. The van der Waals surface area contributed by atoms with E-state index in [4.69, 9.17) is 14.6 Å². The average Bonchev–Trinajstić information content (AvgIpc) is 3.15. The van der Waals surface area contributed by atoms with Gasteiger partial charge < -0.3 is 19.5 Å². The molecule has 1 saturated heterocycles. The number of carbonyl (C=O) groups excluding carboxylic acids is 1. The van der Waals surface area contributed by atoms with Crippen LogP contribution in [-0.4, -0.2) is 42.1 Å². The van der Waals surface area contributed by atoms with E-state index >= 15 is 0 Å². The summed E-state index contributed by atoms with van der Waals surface area (Å²) >= 11 is 0. The summed E-state index contributed by atoms with van der Waals surface area (Å²) in [6.45, 7) is 0.229. The molecule has 1 atom stereocenters. The van der Waals surface area contributed by atoms with Crippen LogP contribution in [0.2, 0.25) is 0 Å². The molecule has 2 aromatic rings. The van der Waals surface area contributed by atoms with E-state index in [9.17, 15) is 9.59 Å². The monoisotopic (exact) mass is 355 g/mol. The van der Waals surface area contributed by atoms with Gasteiger partial charge in [-0.05, 0) is 37.1 Å². The van der Waals surface area contributed by atoms with Gasteiger partial charge in [0, 0.05) is 17.7 Å². The minimum Gasteiger partial charge on any atom is -0.496 e. The Hall–Kier alpha value is -3.02. The van der Waals surface area contributed by atoms with Gasteiger partial charge in [-0.1, -0.05) is 24.3 Å². The highest BCUT2D eigenvalue weighted by atomic mass is 16.5. The second-order valence-electron chi connectivity index (χ2n) is 6.11. The maximum Gasteiger partial charge on any atom is 0.341 e. The number of methoxy groups -OCH3 is 1. The lowest BCUT2D eigenvalue weighted by atomic mass is 10.0. The highest BCUT2D eigenvalue weighted by molar-refractivity contribution is 5.95. The Labute approximate surface area is 152 Å². The van der Waals surface area contributed by atoms with Gasteiger partial charge >= 0.3 is 5.97 Å². The highest BCUT2D eigenvalue weighted by Gasteiger charge is 2.32. The molecule has 0 aliphatic carbocycles. The van der Waals surface area contributed by atoms with Crippen molar-refractivity contribution in [2.45, 2.75) is 18.9 Å². The number of carbonyl (C=O) groups is 2. The van der Waals surface area contributed by atoms with Crippen LogP contribution in [0.4, 0.5) is 0 Å². The Morgan fingerprint density at radius 1 is 1.19 bits per heavy atom. The van der Waals surface area contributed by atoms with Crippen LogP contribution in [0.25, 0.3) is 0 Å². The van der Waals surface area contributed by atoms with Gasteiger partial charge in [-0.3, -0.25) is 4.79 Å². The second kappa shape index (κ2) is 7.91. The van der Waals surface area contributed by atoms with Crippen molar-refractivity contribution < 1.29 is 24.2 Å². The fourth-order valence-electron chi connectivity index (χ4n) is 3.30. The third kappa shape index (κ3) is 3.79. The second-order valence-corrected chi connectivity index (χ2v) is 6.11. The third-order valence-electron chi connectivity index (χ3n) is 4.45. The number of ether oxygens (including phenoxy) is 2. The van der Waals surface area contributed by atoms with Crippen LogP contribution < -0.4 is 9.47 Å². The van der Waals surface area contributed by atoms with E-state index in [1.165, 1.54) is 0 Å². The minimum absolute atomic E-state index is 0.0396. The van der Waals surface area contributed by atoms with Crippen LogP contribution in [0, 0.1) is 0 Å². The molecule has 1 aliphatic heterocycles. The molecule has 6 nitrogen and oxygen atoms in total. The molecule has 1 aliphatic rings. The number of carboxylic acids is 1. The largest absolute Gasteiger partial charge is 0.496 e. The van der Waals surface area contributed by atoms with Crippen LogP contribution in [0.5, 0.6) is 11.5 Å². The molecule has 1 heterocycles. The summed E-state index contributed by atoms with van der Waals surface area (Å²) in [5.41, 5.74) is 1.48. The molecule has 1 fully saturated rings. The molecule has 0 saturated carbocycles. The molecule has 1 N–H and O–H groups in total. The number of rotatable bonds is 6. The number of benzene rings is 2. The van der Waals surface area contributed by atoms with Crippen LogP contribution in [0.1, 0.15) is 34.8 Å². The van der Waals surface area contributed by atoms with Crippen molar-refractivity contribution in [2.24, 2.45) is 0 Å². The molecule has 6 heteroatoms. The zero-order valence-corrected chi connectivity index (χ0v) is 14.6. The van der Waals surface area contributed by atoms with Gasteiger partial charge in [-0.15, -0.1) is 0 Å². The lowest BCUT2D eigenvalue weighted by Gasteiger charge is -2.26. The smallest absolute Gasteiger partial charge is 0.341 e. The van der Waals surface area contributed by atoms with Crippen molar-refractivity contribution in [1.29, 1.82) is 0 Å². The maximum atomic E-state index is 13.0. The molecule has 0 spiro atoms.